The average Bonchev–Trinajstić information content (AvgIpc) is 2.30. The zero-order valence-electron chi connectivity index (χ0n) is 8.34. The third-order valence-electron chi connectivity index (χ3n) is 2.13. The first-order valence-electron chi connectivity index (χ1n) is 4.65. The van der Waals surface area contributed by atoms with Crippen LogP contribution in [0.15, 0.2) is 42.9 Å². The third-order valence-corrected chi connectivity index (χ3v) is 2.13. The number of carbonyl (C=O) groups is 1. The minimum Gasteiger partial charge on any atom is -0.287 e. The Morgan fingerprint density at radius 2 is 1.87 bits per heavy atom. The fourth-order valence-corrected chi connectivity index (χ4v) is 1.28. The molecule has 0 bridgehead atoms. The molecular formula is C12H10N2O. The number of carbonyl (C=O) groups excluding carboxylic acids is 1. The van der Waals surface area contributed by atoms with Crippen molar-refractivity contribution in [3.05, 3.63) is 59.7 Å². The Morgan fingerprint density at radius 1 is 1.13 bits per heavy atom. The van der Waals surface area contributed by atoms with E-state index in [1.165, 1.54) is 6.33 Å². The quantitative estimate of drug-likeness (QED) is 0.693. The molecule has 3 heteroatoms. The van der Waals surface area contributed by atoms with Gasteiger partial charge in [-0.25, -0.2) is 9.97 Å². The number of aromatic nitrogens is 2. The molecule has 2 aromatic rings. The molecule has 1 aromatic heterocycles. The Hall–Kier alpha value is -2.03. The van der Waals surface area contributed by atoms with Crippen molar-refractivity contribution in [2.45, 2.75) is 6.92 Å². The number of benzene rings is 1. The third kappa shape index (κ3) is 2.07. The predicted molar refractivity (Wildman–Crippen MR) is 56.6 cm³/mol. The maximum Gasteiger partial charge on any atom is 0.211 e. The van der Waals surface area contributed by atoms with Gasteiger partial charge < -0.3 is 0 Å². The second kappa shape index (κ2) is 4.00. The lowest BCUT2D eigenvalue weighted by atomic mass is 10.1. The monoisotopic (exact) mass is 198 g/mol. The Balaban J connectivity index is 2.33. The number of rotatable bonds is 2. The van der Waals surface area contributed by atoms with Crippen molar-refractivity contribution in [1.29, 1.82) is 0 Å². The van der Waals surface area contributed by atoms with E-state index in [4.69, 9.17) is 0 Å². The molecule has 74 valence electrons. The number of hydrogen-bond donors (Lipinski definition) is 0. The number of aryl methyl sites for hydroxylation is 1. The first-order chi connectivity index (χ1) is 7.27. The van der Waals surface area contributed by atoms with Crippen LogP contribution in [0.3, 0.4) is 0 Å². The summed E-state index contributed by atoms with van der Waals surface area (Å²) in [5, 5.41) is 0. The van der Waals surface area contributed by atoms with Crippen molar-refractivity contribution in [2.24, 2.45) is 0 Å². The molecule has 0 unspecified atom stereocenters. The molecule has 1 aromatic carbocycles. The molecule has 0 spiro atoms. The fraction of sp³-hybridized carbons (Fsp3) is 0.0833. The lowest BCUT2D eigenvalue weighted by molar-refractivity contribution is 0.103. The summed E-state index contributed by atoms with van der Waals surface area (Å²) >= 11 is 0. The maximum absolute atomic E-state index is 11.9. The highest BCUT2D eigenvalue weighted by atomic mass is 16.1. The van der Waals surface area contributed by atoms with E-state index in [0.717, 1.165) is 5.56 Å². The summed E-state index contributed by atoms with van der Waals surface area (Å²) in [5.74, 6) is -0.0719. The summed E-state index contributed by atoms with van der Waals surface area (Å²) in [6.07, 6.45) is 2.94. The highest BCUT2D eigenvalue weighted by molar-refractivity contribution is 6.07. The molecule has 1 heterocycles. The van der Waals surface area contributed by atoms with Crippen LogP contribution in [-0.2, 0) is 0 Å². The topological polar surface area (TPSA) is 42.9 Å². The predicted octanol–water partition coefficient (Wildman–Crippen LogP) is 2.02. The molecule has 0 aliphatic carbocycles. The second-order valence-electron chi connectivity index (χ2n) is 3.29. The van der Waals surface area contributed by atoms with E-state index >= 15 is 0 Å². The smallest absolute Gasteiger partial charge is 0.211 e. The first kappa shape index (κ1) is 9.52. The summed E-state index contributed by atoms with van der Waals surface area (Å²) in [6, 6.07) is 9.05. The van der Waals surface area contributed by atoms with Gasteiger partial charge >= 0.3 is 0 Å². The molecule has 2 rings (SSSR count). The van der Waals surface area contributed by atoms with Gasteiger partial charge in [-0.15, -0.1) is 0 Å². The zero-order valence-corrected chi connectivity index (χ0v) is 8.34. The fourth-order valence-electron chi connectivity index (χ4n) is 1.28. The summed E-state index contributed by atoms with van der Waals surface area (Å²) in [7, 11) is 0. The highest BCUT2D eigenvalue weighted by Gasteiger charge is 2.08. The molecule has 0 N–H and O–H groups in total. The van der Waals surface area contributed by atoms with Gasteiger partial charge in [-0.1, -0.05) is 29.8 Å². The minimum absolute atomic E-state index is 0.0719. The normalized spacial score (nSPS) is 9.93. The van der Waals surface area contributed by atoms with Crippen LogP contribution in [0.1, 0.15) is 21.6 Å². The van der Waals surface area contributed by atoms with Crippen LogP contribution in [0.2, 0.25) is 0 Å². The van der Waals surface area contributed by atoms with Crippen LogP contribution >= 0.6 is 0 Å². The molecular weight excluding hydrogens is 188 g/mol. The van der Waals surface area contributed by atoms with E-state index in [1.54, 1.807) is 24.4 Å². The van der Waals surface area contributed by atoms with E-state index in [-0.39, 0.29) is 5.78 Å². The molecule has 15 heavy (non-hydrogen) atoms. The lowest BCUT2D eigenvalue weighted by Gasteiger charge is -1.99. The molecule has 0 fully saturated rings. The molecule has 0 radical (unpaired) electrons. The molecule has 0 aliphatic rings. The number of nitrogens with zero attached hydrogens (tertiary/aromatic N) is 2. The van der Waals surface area contributed by atoms with Crippen LogP contribution in [0.25, 0.3) is 0 Å². The molecule has 3 nitrogen and oxygen atoms in total. The summed E-state index contributed by atoms with van der Waals surface area (Å²) in [5.41, 5.74) is 2.21. The van der Waals surface area contributed by atoms with Gasteiger partial charge in [-0.05, 0) is 13.0 Å². The molecule has 0 amide bonds. The Morgan fingerprint density at radius 3 is 2.47 bits per heavy atom. The average molecular weight is 198 g/mol. The van der Waals surface area contributed by atoms with Crippen molar-refractivity contribution < 1.29 is 4.79 Å². The van der Waals surface area contributed by atoms with Crippen LogP contribution in [0.5, 0.6) is 0 Å². The van der Waals surface area contributed by atoms with Gasteiger partial charge in [0, 0.05) is 11.8 Å². The maximum atomic E-state index is 11.9. The summed E-state index contributed by atoms with van der Waals surface area (Å²) < 4.78 is 0. The van der Waals surface area contributed by atoms with Crippen molar-refractivity contribution >= 4 is 5.78 Å². The Kier molecular flexibility index (Phi) is 2.54. The van der Waals surface area contributed by atoms with Gasteiger partial charge in [0.2, 0.25) is 5.78 Å². The van der Waals surface area contributed by atoms with Gasteiger partial charge in [0.05, 0.1) is 0 Å². The lowest BCUT2D eigenvalue weighted by Crippen LogP contribution is -2.03. The number of hydrogen-bond acceptors (Lipinski definition) is 3. The van der Waals surface area contributed by atoms with Gasteiger partial charge in [0.1, 0.15) is 12.0 Å². The van der Waals surface area contributed by atoms with Gasteiger partial charge in [0.15, 0.2) is 0 Å². The largest absolute Gasteiger partial charge is 0.287 e. The van der Waals surface area contributed by atoms with E-state index in [0.29, 0.717) is 11.3 Å². The summed E-state index contributed by atoms with van der Waals surface area (Å²) in [6.45, 7) is 1.99. The standard InChI is InChI=1S/C12H10N2O/c1-9-2-4-10(5-3-9)12(15)11-6-7-13-8-14-11/h2-8H,1H3. The SMILES string of the molecule is Cc1ccc(C(=O)c2ccncn2)cc1. The van der Waals surface area contributed by atoms with Crippen LogP contribution in [0.4, 0.5) is 0 Å². The van der Waals surface area contributed by atoms with E-state index in [1.807, 2.05) is 19.1 Å². The van der Waals surface area contributed by atoms with E-state index < -0.39 is 0 Å². The zero-order chi connectivity index (χ0) is 10.7. The van der Waals surface area contributed by atoms with Crippen LogP contribution in [-0.4, -0.2) is 15.8 Å². The van der Waals surface area contributed by atoms with Gasteiger partial charge in [-0.2, -0.15) is 0 Å². The van der Waals surface area contributed by atoms with Crippen LogP contribution < -0.4 is 0 Å². The first-order valence-corrected chi connectivity index (χ1v) is 4.65. The van der Waals surface area contributed by atoms with Gasteiger partial charge in [-0.3, -0.25) is 4.79 Å². The molecule has 0 saturated heterocycles. The minimum atomic E-state index is -0.0719. The number of ketones is 1. The molecule has 0 saturated carbocycles. The Labute approximate surface area is 87.8 Å². The van der Waals surface area contributed by atoms with E-state index in [9.17, 15) is 4.79 Å². The second-order valence-corrected chi connectivity index (χ2v) is 3.29. The van der Waals surface area contributed by atoms with Gasteiger partial charge in [0.25, 0.3) is 0 Å². The molecule has 0 aliphatic heterocycles. The Bertz CT molecular complexity index is 463. The van der Waals surface area contributed by atoms with Crippen LogP contribution in [0, 0.1) is 6.92 Å². The highest BCUT2D eigenvalue weighted by Crippen LogP contribution is 2.08. The molecule has 0 atom stereocenters. The van der Waals surface area contributed by atoms with E-state index in [2.05, 4.69) is 9.97 Å². The van der Waals surface area contributed by atoms with Crippen molar-refractivity contribution in [2.75, 3.05) is 0 Å². The van der Waals surface area contributed by atoms with Crippen molar-refractivity contribution in [1.82, 2.24) is 9.97 Å². The van der Waals surface area contributed by atoms with Crippen molar-refractivity contribution in [3.8, 4) is 0 Å². The van der Waals surface area contributed by atoms with Crippen molar-refractivity contribution in [3.63, 3.8) is 0 Å². The summed E-state index contributed by atoms with van der Waals surface area (Å²) in [4.78, 5) is 19.6.